The van der Waals surface area contributed by atoms with Crippen molar-refractivity contribution < 1.29 is 0 Å². The molecule has 1 aromatic heterocycles. The molecule has 21 heavy (non-hydrogen) atoms. The van der Waals surface area contributed by atoms with Crippen LogP contribution in [0.1, 0.15) is 70.9 Å². The number of nitrogens with zero attached hydrogens (tertiary/aromatic N) is 2. The van der Waals surface area contributed by atoms with Crippen molar-refractivity contribution in [1.29, 1.82) is 0 Å². The van der Waals surface area contributed by atoms with E-state index in [1.165, 1.54) is 28.5 Å². The Kier molecular flexibility index (Phi) is 5.31. The summed E-state index contributed by atoms with van der Waals surface area (Å²) in [5.74, 6) is 0.497. The Hall–Kier alpha value is -0.610. The average molecular weight is 310 g/mol. The molecule has 1 saturated heterocycles. The van der Waals surface area contributed by atoms with Crippen molar-refractivity contribution in [2.24, 2.45) is 5.41 Å². The molecule has 0 radical (unpaired) electrons. The third kappa shape index (κ3) is 4.43. The Morgan fingerprint density at radius 2 is 2.00 bits per heavy atom. The summed E-state index contributed by atoms with van der Waals surface area (Å²) in [4.78, 5) is 8.89. The fourth-order valence-electron chi connectivity index (χ4n) is 2.95. The van der Waals surface area contributed by atoms with Crippen LogP contribution in [0.3, 0.4) is 0 Å². The van der Waals surface area contributed by atoms with E-state index in [1.54, 1.807) is 0 Å². The smallest absolute Gasteiger partial charge is 0.185 e. The standard InChI is InChI=1S/C17H31N3S/c1-12(2)15-14(10-18-13(3)4)21-16(19-15)20-9-7-8-17(5,6)11-20/h12-13,18H,7-11H2,1-6H3. The Labute approximate surface area is 134 Å². The van der Waals surface area contributed by atoms with Crippen LogP contribution in [0.25, 0.3) is 0 Å². The number of rotatable bonds is 5. The first-order valence-electron chi connectivity index (χ1n) is 8.26. The molecule has 0 saturated carbocycles. The first-order valence-corrected chi connectivity index (χ1v) is 9.08. The molecule has 3 nitrogen and oxygen atoms in total. The van der Waals surface area contributed by atoms with E-state index in [9.17, 15) is 0 Å². The van der Waals surface area contributed by atoms with Gasteiger partial charge in [0.15, 0.2) is 5.13 Å². The molecule has 0 spiro atoms. The molecule has 0 bridgehead atoms. The van der Waals surface area contributed by atoms with Crippen LogP contribution >= 0.6 is 11.3 Å². The van der Waals surface area contributed by atoms with Gasteiger partial charge in [0.2, 0.25) is 0 Å². The monoisotopic (exact) mass is 309 g/mol. The lowest BCUT2D eigenvalue weighted by atomic mass is 9.84. The minimum atomic E-state index is 0.415. The minimum absolute atomic E-state index is 0.415. The number of anilines is 1. The molecular formula is C17H31N3S. The maximum atomic E-state index is 4.98. The molecule has 0 unspecified atom stereocenters. The quantitative estimate of drug-likeness (QED) is 0.874. The summed E-state index contributed by atoms with van der Waals surface area (Å²) in [6, 6.07) is 0.518. The highest BCUT2D eigenvalue weighted by Gasteiger charge is 2.28. The highest BCUT2D eigenvalue weighted by Crippen LogP contribution is 2.36. The molecule has 0 aliphatic carbocycles. The number of nitrogens with one attached hydrogen (secondary N) is 1. The van der Waals surface area contributed by atoms with Gasteiger partial charge in [-0.3, -0.25) is 0 Å². The van der Waals surface area contributed by atoms with E-state index in [0.717, 1.165) is 19.6 Å². The third-order valence-corrected chi connectivity index (χ3v) is 5.24. The van der Waals surface area contributed by atoms with Crippen LogP contribution in [0, 0.1) is 5.41 Å². The summed E-state index contributed by atoms with van der Waals surface area (Å²) >= 11 is 1.89. The summed E-state index contributed by atoms with van der Waals surface area (Å²) in [7, 11) is 0. The second-order valence-corrected chi connectivity index (χ2v) is 8.75. The number of piperidine rings is 1. The van der Waals surface area contributed by atoms with E-state index >= 15 is 0 Å². The van der Waals surface area contributed by atoms with Gasteiger partial charge in [0, 0.05) is 30.6 Å². The zero-order valence-corrected chi connectivity index (χ0v) is 15.3. The molecule has 0 aromatic carbocycles. The summed E-state index contributed by atoms with van der Waals surface area (Å²) in [6.45, 7) is 16.9. The zero-order valence-electron chi connectivity index (χ0n) is 14.5. The maximum Gasteiger partial charge on any atom is 0.185 e. The lowest BCUT2D eigenvalue weighted by Gasteiger charge is -2.37. The van der Waals surface area contributed by atoms with E-state index in [2.05, 4.69) is 51.8 Å². The molecule has 2 rings (SSSR count). The second-order valence-electron chi connectivity index (χ2n) is 7.68. The molecule has 1 fully saturated rings. The van der Waals surface area contributed by atoms with E-state index in [1.807, 2.05) is 11.3 Å². The molecule has 1 aliphatic heterocycles. The lowest BCUT2D eigenvalue weighted by Crippen LogP contribution is -2.40. The van der Waals surface area contributed by atoms with Crippen LogP contribution in [-0.4, -0.2) is 24.1 Å². The number of thiazole rings is 1. The van der Waals surface area contributed by atoms with Gasteiger partial charge >= 0.3 is 0 Å². The van der Waals surface area contributed by atoms with Crippen molar-refractivity contribution in [1.82, 2.24) is 10.3 Å². The molecule has 120 valence electrons. The van der Waals surface area contributed by atoms with Gasteiger partial charge in [-0.1, -0.05) is 41.5 Å². The Bertz CT molecular complexity index is 463. The van der Waals surface area contributed by atoms with Gasteiger partial charge in [0.1, 0.15) is 0 Å². The van der Waals surface area contributed by atoms with Gasteiger partial charge in [0.05, 0.1) is 5.69 Å². The fourth-order valence-corrected chi connectivity index (χ4v) is 4.14. The number of hydrogen-bond acceptors (Lipinski definition) is 4. The van der Waals surface area contributed by atoms with Crippen molar-refractivity contribution in [2.75, 3.05) is 18.0 Å². The number of aromatic nitrogens is 1. The largest absolute Gasteiger partial charge is 0.348 e. The van der Waals surface area contributed by atoms with Gasteiger partial charge in [0.25, 0.3) is 0 Å². The topological polar surface area (TPSA) is 28.2 Å². The molecule has 0 amide bonds. The number of hydrogen-bond donors (Lipinski definition) is 1. The average Bonchev–Trinajstić information content (AvgIpc) is 2.79. The first-order chi connectivity index (χ1) is 9.78. The first kappa shape index (κ1) is 16.8. The summed E-state index contributed by atoms with van der Waals surface area (Å²) < 4.78 is 0. The molecule has 4 heteroatoms. The maximum absolute atomic E-state index is 4.98. The zero-order chi connectivity index (χ0) is 15.6. The van der Waals surface area contributed by atoms with Crippen molar-refractivity contribution in [3.63, 3.8) is 0 Å². The van der Waals surface area contributed by atoms with Crippen LogP contribution < -0.4 is 10.2 Å². The van der Waals surface area contributed by atoms with Crippen LogP contribution in [-0.2, 0) is 6.54 Å². The minimum Gasteiger partial charge on any atom is -0.348 e. The predicted octanol–water partition coefficient (Wildman–Crippen LogP) is 4.39. The van der Waals surface area contributed by atoms with Gasteiger partial charge < -0.3 is 10.2 Å². The van der Waals surface area contributed by atoms with E-state index in [0.29, 0.717) is 17.4 Å². The molecule has 1 N–H and O–H groups in total. The van der Waals surface area contributed by atoms with Gasteiger partial charge in [-0.25, -0.2) is 4.98 Å². The van der Waals surface area contributed by atoms with Crippen molar-refractivity contribution in [2.45, 2.75) is 72.9 Å². The van der Waals surface area contributed by atoms with E-state index in [-0.39, 0.29) is 0 Å². The van der Waals surface area contributed by atoms with Crippen LogP contribution in [0.15, 0.2) is 0 Å². The van der Waals surface area contributed by atoms with E-state index < -0.39 is 0 Å². The molecular weight excluding hydrogens is 278 g/mol. The Balaban J connectivity index is 2.18. The van der Waals surface area contributed by atoms with Crippen molar-refractivity contribution in [3.05, 3.63) is 10.6 Å². The van der Waals surface area contributed by atoms with Crippen LogP contribution in [0.2, 0.25) is 0 Å². The Morgan fingerprint density at radius 3 is 2.57 bits per heavy atom. The Morgan fingerprint density at radius 1 is 1.29 bits per heavy atom. The van der Waals surface area contributed by atoms with Gasteiger partial charge in [-0.2, -0.15) is 0 Å². The van der Waals surface area contributed by atoms with Crippen molar-refractivity contribution in [3.8, 4) is 0 Å². The predicted molar refractivity (Wildman–Crippen MR) is 93.4 cm³/mol. The van der Waals surface area contributed by atoms with Crippen LogP contribution in [0.5, 0.6) is 0 Å². The third-order valence-electron chi connectivity index (χ3n) is 4.11. The molecule has 0 atom stereocenters. The van der Waals surface area contributed by atoms with Gasteiger partial charge in [-0.15, -0.1) is 11.3 Å². The summed E-state index contributed by atoms with van der Waals surface area (Å²) in [5.41, 5.74) is 1.70. The SMILES string of the molecule is CC(C)NCc1sc(N2CCCC(C)(C)C2)nc1C(C)C. The van der Waals surface area contributed by atoms with Crippen molar-refractivity contribution >= 4 is 16.5 Å². The van der Waals surface area contributed by atoms with Crippen LogP contribution in [0.4, 0.5) is 5.13 Å². The molecule has 2 heterocycles. The van der Waals surface area contributed by atoms with E-state index in [4.69, 9.17) is 4.98 Å². The lowest BCUT2D eigenvalue weighted by molar-refractivity contribution is 0.293. The van der Waals surface area contributed by atoms with Gasteiger partial charge in [-0.05, 0) is 24.2 Å². The highest BCUT2D eigenvalue weighted by molar-refractivity contribution is 7.15. The summed E-state index contributed by atoms with van der Waals surface area (Å²) in [5, 5.41) is 4.77. The molecule has 1 aromatic rings. The normalized spacial score (nSPS) is 18.8. The highest BCUT2D eigenvalue weighted by atomic mass is 32.1. The molecule has 1 aliphatic rings. The fraction of sp³-hybridized carbons (Fsp3) is 0.824. The summed E-state index contributed by atoms with van der Waals surface area (Å²) in [6.07, 6.45) is 2.61. The second kappa shape index (κ2) is 6.66.